The van der Waals surface area contributed by atoms with E-state index in [9.17, 15) is 9.59 Å². The van der Waals surface area contributed by atoms with Crippen LogP contribution >= 0.6 is 24.8 Å². The molecular weight excluding hydrogens is 399 g/mol. The van der Waals surface area contributed by atoms with Crippen LogP contribution in [0.2, 0.25) is 0 Å². The van der Waals surface area contributed by atoms with Crippen LogP contribution in [0.4, 0.5) is 0 Å². The predicted octanol–water partition coefficient (Wildman–Crippen LogP) is 2.35. The molecule has 4 N–H and O–H groups in total. The van der Waals surface area contributed by atoms with E-state index in [1.807, 2.05) is 44.1 Å². The number of amides is 2. The molecule has 2 atom stereocenters. The van der Waals surface area contributed by atoms with E-state index in [4.69, 9.17) is 5.73 Å². The molecule has 1 saturated carbocycles. The first-order valence-corrected chi connectivity index (χ1v) is 9.38. The van der Waals surface area contributed by atoms with Crippen molar-refractivity contribution in [3.8, 4) is 0 Å². The largest absolute Gasteiger partial charge is 0.352 e. The van der Waals surface area contributed by atoms with Gasteiger partial charge in [0.2, 0.25) is 5.91 Å². The number of nitrogens with two attached hydrogens (primary N) is 1. The molecule has 0 heterocycles. The molecule has 6 nitrogen and oxygen atoms in total. The molecular formula is C20H34Cl2N4O2. The third-order valence-corrected chi connectivity index (χ3v) is 5.07. The summed E-state index contributed by atoms with van der Waals surface area (Å²) >= 11 is 0. The molecule has 0 saturated heterocycles. The van der Waals surface area contributed by atoms with E-state index in [1.165, 1.54) is 0 Å². The Morgan fingerprint density at radius 2 is 1.93 bits per heavy atom. The van der Waals surface area contributed by atoms with Gasteiger partial charge in [-0.15, -0.1) is 24.8 Å². The van der Waals surface area contributed by atoms with Crippen molar-refractivity contribution in [2.75, 3.05) is 27.2 Å². The molecule has 160 valence electrons. The second-order valence-electron chi connectivity index (χ2n) is 7.78. The fraction of sp³-hybridized carbons (Fsp3) is 0.600. The van der Waals surface area contributed by atoms with Crippen LogP contribution in [0.25, 0.3) is 0 Å². The first kappa shape index (κ1) is 26.7. The van der Waals surface area contributed by atoms with Crippen molar-refractivity contribution in [2.24, 2.45) is 11.7 Å². The molecule has 0 aliphatic heterocycles. The van der Waals surface area contributed by atoms with Crippen LogP contribution in [0.15, 0.2) is 24.3 Å². The Morgan fingerprint density at radius 3 is 2.57 bits per heavy atom. The minimum atomic E-state index is -0.434. The molecule has 1 fully saturated rings. The summed E-state index contributed by atoms with van der Waals surface area (Å²) in [5, 5.41) is 5.89. The van der Waals surface area contributed by atoms with E-state index in [0.29, 0.717) is 18.7 Å². The van der Waals surface area contributed by atoms with E-state index in [2.05, 4.69) is 10.6 Å². The lowest BCUT2D eigenvalue weighted by atomic mass is 9.74. The van der Waals surface area contributed by atoms with Crippen molar-refractivity contribution < 1.29 is 9.59 Å². The first-order valence-electron chi connectivity index (χ1n) is 9.38. The van der Waals surface area contributed by atoms with Gasteiger partial charge < -0.3 is 21.3 Å². The maximum Gasteiger partial charge on any atom is 0.251 e. The minimum Gasteiger partial charge on any atom is -0.352 e. The minimum absolute atomic E-state index is 0. The number of nitrogens with zero attached hydrogens (tertiary/aromatic N) is 1. The molecule has 0 radical (unpaired) electrons. The standard InChI is InChI=1S/C20H32N4O2.2ClH/c1-20(21)10-5-4-9-17(20)19(26)23-14-15-7-6-8-16(13-15)18(25)22-11-12-24(2)3;;/h6-8,13,17H,4-5,9-12,14,21H2,1-3H3,(H,22,25)(H,23,26);2*1H. The molecule has 1 aliphatic rings. The molecule has 2 amide bonds. The van der Waals surface area contributed by atoms with Crippen LogP contribution in [0, 0.1) is 5.92 Å². The van der Waals surface area contributed by atoms with Gasteiger partial charge in [0.1, 0.15) is 0 Å². The maximum absolute atomic E-state index is 12.5. The molecule has 0 aromatic heterocycles. The van der Waals surface area contributed by atoms with Crippen LogP contribution in [0.5, 0.6) is 0 Å². The average Bonchev–Trinajstić information content (AvgIpc) is 2.59. The van der Waals surface area contributed by atoms with Gasteiger partial charge in [0, 0.05) is 30.7 Å². The Balaban J connectivity index is 0.00000364. The molecule has 1 aromatic carbocycles. The van der Waals surface area contributed by atoms with Gasteiger partial charge in [-0.2, -0.15) is 0 Å². The third-order valence-electron chi connectivity index (χ3n) is 5.07. The molecule has 28 heavy (non-hydrogen) atoms. The first-order chi connectivity index (χ1) is 12.3. The van der Waals surface area contributed by atoms with Crippen molar-refractivity contribution >= 4 is 36.6 Å². The Hall–Kier alpha value is -1.34. The SMILES string of the molecule is CN(C)CCNC(=O)c1cccc(CNC(=O)C2CCCCC2(C)N)c1.Cl.Cl. The van der Waals surface area contributed by atoms with Crippen LogP contribution < -0.4 is 16.4 Å². The second-order valence-corrected chi connectivity index (χ2v) is 7.78. The van der Waals surface area contributed by atoms with E-state index >= 15 is 0 Å². The monoisotopic (exact) mass is 432 g/mol. The number of carbonyl (C=O) groups excluding carboxylic acids is 2. The van der Waals surface area contributed by atoms with Crippen molar-refractivity contribution in [3.63, 3.8) is 0 Å². The van der Waals surface area contributed by atoms with Crippen LogP contribution in [-0.4, -0.2) is 49.4 Å². The number of carbonyl (C=O) groups is 2. The second kappa shape index (κ2) is 12.3. The van der Waals surface area contributed by atoms with Gasteiger partial charge in [-0.1, -0.05) is 25.0 Å². The van der Waals surface area contributed by atoms with Gasteiger partial charge in [0.15, 0.2) is 0 Å². The lowest BCUT2D eigenvalue weighted by molar-refractivity contribution is -0.128. The third kappa shape index (κ3) is 7.95. The van der Waals surface area contributed by atoms with Crippen LogP contribution in [0.1, 0.15) is 48.5 Å². The summed E-state index contributed by atoms with van der Waals surface area (Å²) in [6.45, 7) is 3.77. The van der Waals surface area contributed by atoms with Crippen molar-refractivity contribution in [1.29, 1.82) is 0 Å². The van der Waals surface area contributed by atoms with Gasteiger partial charge in [-0.3, -0.25) is 9.59 Å². The van der Waals surface area contributed by atoms with Crippen molar-refractivity contribution in [1.82, 2.24) is 15.5 Å². The summed E-state index contributed by atoms with van der Waals surface area (Å²) in [6, 6.07) is 7.37. The summed E-state index contributed by atoms with van der Waals surface area (Å²) in [6.07, 6.45) is 3.86. The molecule has 1 aliphatic carbocycles. The van der Waals surface area contributed by atoms with Crippen molar-refractivity contribution in [3.05, 3.63) is 35.4 Å². The van der Waals surface area contributed by atoms with E-state index < -0.39 is 5.54 Å². The number of hydrogen-bond acceptors (Lipinski definition) is 4. The fourth-order valence-electron chi connectivity index (χ4n) is 3.42. The highest BCUT2D eigenvalue weighted by Crippen LogP contribution is 2.31. The molecule has 2 unspecified atom stereocenters. The highest BCUT2D eigenvalue weighted by molar-refractivity contribution is 5.94. The number of nitrogens with one attached hydrogen (secondary N) is 2. The zero-order valence-corrected chi connectivity index (χ0v) is 18.6. The highest BCUT2D eigenvalue weighted by Gasteiger charge is 2.37. The Labute approximate surface area is 180 Å². The molecule has 8 heteroatoms. The molecule has 2 rings (SSSR count). The number of halogens is 2. The normalized spacial score (nSPS) is 21.2. The molecule has 0 bridgehead atoms. The van der Waals surface area contributed by atoms with Gasteiger partial charge in [-0.05, 0) is 51.6 Å². The zero-order valence-electron chi connectivity index (χ0n) is 17.0. The lowest BCUT2D eigenvalue weighted by Crippen LogP contribution is -2.52. The zero-order chi connectivity index (χ0) is 19.2. The number of benzene rings is 1. The van der Waals surface area contributed by atoms with Crippen LogP contribution in [0.3, 0.4) is 0 Å². The van der Waals surface area contributed by atoms with Crippen molar-refractivity contribution in [2.45, 2.75) is 44.7 Å². The quantitative estimate of drug-likeness (QED) is 0.616. The lowest BCUT2D eigenvalue weighted by Gasteiger charge is -2.37. The van der Waals surface area contributed by atoms with E-state index in [1.54, 1.807) is 6.07 Å². The number of likely N-dealkylation sites (N-methyl/N-ethyl adjacent to an activating group) is 1. The van der Waals surface area contributed by atoms with E-state index in [-0.39, 0.29) is 42.5 Å². The average molecular weight is 433 g/mol. The van der Waals surface area contributed by atoms with Gasteiger partial charge >= 0.3 is 0 Å². The number of rotatable bonds is 7. The number of hydrogen-bond donors (Lipinski definition) is 3. The highest BCUT2D eigenvalue weighted by atomic mass is 35.5. The summed E-state index contributed by atoms with van der Waals surface area (Å²) in [7, 11) is 3.93. The topological polar surface area (TPSA) is 87.5 Å². The van der Waals surface area contributed by atoms with Gasteiger partial charge in [-0.25, -0.2) is 0 Å². The Bertz CT molecular complexity index is 638. The summed E-state index contributed by atoms with van der Waals surface area (Å²) < 4.78 is 0. The Kier molecular flexibility index (Phi) is 11.7. The molecule has 0 spiro atoms. The smallest absolute Gasteiger partial charge is 0.251 e. The maximum atomic E-state index is 12.5. The van der Waals surface area contributed by atoms with E-state index in [0.717, 1.165) is 37.8 Å². The van der Waals surface area contributed by atoms with Crippen LogP contribution in [-0.2, 0) is 11.3 Å². The fourth-order valence-corrected chi connectivity index (χ4v) is 3.42. The van der Waals surface area contributed by atoms with Gasteiger partial charge in [0.05, 0.1) is 5.92 Å². The Morgan fingerprint density at radius 1 is 1.21 bits per heavy atom. The molecule has 1 aromatic rings. The predicted molar refractivity (Wildman–Crippen MR) is 118 cm³/mol. The summed E-state index contributed by atoms with van der Waals surface area (Å²) in [5.74, 6) is -0.230. The summed E-state index contributed by atoms with van der Waals surface area (Å²) in [4.78, 5) is 26.8. The summed E-state index contributed by atoms with van der Waals surface area (Å²) in [5.41, 5.74) is 7.39. The van der Waals surface area contributed by atoms with Gasteiger partial charge in [0.25, 0.3) is 5.91 Å².